The monoisotopic (exact) mass is 337 g/mol. The Balaban J connectivity index is 1.83. The summed E-state index contributed by atoms with van der Waals surface area (Å²) in [5.74, 6) is -0.426. The molecule has 0 saturated heterocycles. The van der Waals surface area contributed by atoms with Gasteiger partial charge in [-0.2, -0.15) is 0 Å². The number of aliphatic hydroxyl groups is 1. The molecule has 1 saturated carbocycles. The molecule has 1 amide bonds. The van der Waals surface area contributed by atoms with Crippen LogP contribution in [0.3, 0.4) is 0 Å². The summed E-state index contributed by atoms with van der Waals surface area (Å²) < 4.78 is 0. The van der Waals surface area contributed by atoms with Gasteiger partial charge in [-0.25, -0.2) is 0 Å². The van der Waals surface area contributed by atoms with Gasteiger partial charge >= 0.3 is 0 Å². The molecule has 1 aliphatic carbocycles. The van der Waals surface area contributed by atoms with Crippen LogP contribution in [0.2, 0.25) is 0 Å². The van der Waals surface area contributed by atoms with Crippen LogP contribution in [-0.2, 0) is 0 Å². The summed E-state index contributed by atoms with van der Waals surface area (Å²) in [6.07, 6.45) is 1.85. The molecular formula is C21H23NO3. The molecule has 0 radical (unpaired) electrons. The smallest absolute Gasteiger partial charge is 0.252 e. The maximum absolute atomic E-state index is 12.9. The summed E-state index contributed by atoms with van der Waals surface area (Å²) in [6.45, 7) is 4.49. The Labute approximate surface area is 147 Å². The highest BCUT2D eigenvalue weighted by molar-refractivity contribution is 6.15. The van der Waals surface area contributed by atoms with Crippen molar-refractivity contribution in [3.8, 4) is 0 Å². The highest BCUT2D eigenvalue weighted by atomic mass is 16.3. The molecule has 0 aliphatic heterocycles. The van der Waals surface area contributed by atoms with Crippen LogP contribution >= 0.6 is 0 Å². The standard InChI is InChI=1S/C21H23NO3/c1-14-7-8-16(11-15(14)2)19(24)17-5-3-4-6-18(17)20(25)22-12-21(13-23)9-10-21/h3-8,11,23H,9-10,12-13H2,1-2H3,(H,22,25). The molecule has 3 rings (SSSR count). The van der Waals surface area contributed by atoms with Crippen LogP contribution in [-0.4, -0.2) is 29.9 Å². The first kappa shape index (κ1) is 17.4. The van der Waals surface area contributed by atoms with Crippen molar-refractivity contribution in [1.82, 2.24) is 5.32 Å². The van der Waals surface area contributed by atoms with Crippen molar-refractivity contribution in [1.29, 1.82) is 0 Å². The number of carbonyl (C=O) groups is 2. The van der Waals surface area contributed by atoms with Gasteiger partial charge in [0, 0.05) is 23.1 Å². The van der Waals surface area contributed by atoms with Crippen molar-refractivity contribution in [2.45, 2.75) is 26.7 Å². The normalized spacial score (nSPS) is 14.8. The van der Waals surface area contributed by atoms with Crippen molar-refractivity contribution in [2.24, 2.45) is 5.41 Å². The average molecular weight is 337 g/mol. The first-order chi connectivity index (χ1) is 12.0. The van der Waals surface area contributed by atoms with Crippen molar-refractivity contribution in [2.75, 3.05) is 13.2 Å². The summed E-state index contributed by atoms with van der Waals surface area (Å²) in [5, 5.41) is 12.2. The molecule has 2 N–H and O–H groups in total. The summed E-state index contributed by atoms with van der Waals surface area (Å²) in [6, 6.07) is 12.4. The van der Waals surface area contributed by atoms with Gasteiger partial charge in [-0.15, -0.1) is 0 Å². The van der Waals surface area contributed by atoms with Gasteiger partial charge in [-0.05, 0) is 49.9 Å². The molecule has 1 aliphatic rings. The van der Waals surface area contributed by atoms with E-state index in [1.165, 1.54) is 0 Å². The van der Waals surface area contributed by atoms with E-state index in [1.807, 2.05) is 26.0 Å². The fourth-order valence-corrected chi connectivity index (χ4v) is 2.85. The second-order valence-corrected chi connectivity index (χ2v) is 7.01. The Morgan fingerprint density at radius 1 is 1.04 bits per heavy atom. The van der Waals surface area contributed by atoms with Crippen LogP contribution in [0, 0.1) is 19.3 Å². The van der Waals surface area contributed by atoms with E-state index in [9.17, 15) is 14.7 Å². The van der Waals surface area contributed by atoms with Gasteiger partial charge in [0.2, 0.25) is 0 Å². The number of hydrogen-bond acceptors (Lipinski definition) is 3. The quantitative estimate of drug-likeness (QED) is 0.796. The lowest BCUT2D eigenvalue weighted by molar-refractivity contribution is 0.0925. The third-order valence-corrected chi connectivity index (χ3v) is 5.10. The molecule has 0 heterocycles. The maximum Gasteiger partial charge on any atom is 0.252 e. The van der Waals surface area contributed by atoms with E-state index in [-0.39, 0.29) is 23.7 Å². The van der Waals surface area contributed by atoms with Gasteiger partial charge < -0.3 is 10.4 Å². The van der Waals surface area contributed by atoms with E-state index in [4.69, 9.17) is 0 Å². The van der Waals surface area contributed by atoms with Crippen molar-refractivity contribution < 1.29 is 14.7 Å². The molecule has 2 aromatic rings. The molecule has 0 atom stereocenters. The number of amides is 1. The minimum absolute atomic E-state index is 0.0799. The number of aryl methyl sites for hydroxylation is 2. The van der Waals surface area contributed by atoms with E-state index >= 15 is 0 Å². The van der Waals surface area contributed by atoms with Crippen LogP contribution in [0.4, 0.5) is 0 Å². The number of nitrogens with one attached hydrogen (secondary N) is 1. The van der Waals surface area contributed by atoms with Gasteiger partial charge in [0.1, 0.15) is 0 Å². The molecule has 0 unspecified atom stereocenters. The first-order valence-electron chi connectivity index (χ1n) is 8.56. The zero-order valence-corrected chi connectivity index (χ0v) is 14.6. The van der Waals surface area contributed by atoms with E-state index < -0.39 is 0 Å². The number of aliphatic hydroxyl groups excluding tert-OH is 1. The second kappa shape index (κ2) is 6.81. The van der Waals surface area contributed by atoms with Crippen LogP contribution in [0.5, 0.6) is 0 Å². The number of ketones is 1. The minimum atomic E-state index is -0.271. The van der Waals surface area contributed by atoms with Crippen molar-refractivity contribution >= 4 is 11.7 Å². The molecule has 4 heteroatoms. The Hall–Kier alpha value is -2.46. The number of rotatable bonds is 6. The number of hydrogen-bond donors (Lipinski definition) is 2. The Bertz CT molecular complexity index is 822. The van der Waals surface area contributed by atoms with Crippen molar-refractivity contribution in [3.63, 3.8) is 0 Å². The summed E-state index contributed by atoms with van der Waals surface area (Å²) in [5.41, 5.74) is 3.37. The topological polar surface area (TPSA) is 66.4 Å². The number of benzene rings is 2. The van der Waals surface area contributed by atoms with Crippen LogP contribution in [0.1, 0.15) is 50.2 Å². The summed E-state index contributed by atoms with van der Waals surface area (Å²) in [7, 11) is 0. The number of carbonyl (C=O) groups excluding carboxylic acids is 2. The first-order valence-corrected chi connectivity index (χ1v) is 8.56. The highest BCUT2D eigenvalue weighted by Gasteiger charge is 2.42. The predicted molar refractivity (Wildman–Crippen MR) is 96.9 cm³/mol. The van der Waals surface area contributed by atoms with Crippen LogP contribution in [0.25, 0.3) is 0 Å². The predicted octanol–water partition coefficient (Wildman–Crippen LogP) is 3.04. The van der Waals surface area contributed by atoms with E-state index in [0.29, 0.717) is 23.2 Å². The summed E-state index contributed by atoms with van der Waals surface area (Å²) >= 11 is 0. The highest BCUT2D eigenvalue weighted by Crippen LogP contribution is 2.44. The molecule has 2 aromatic carbocycles. The van der Waals surface area contributed by atoms with Crippen molar-refractivity contribution in [3.05, 3.63) is 70.3 Å². The van der Waals surface area contributed by atoms with E-state index in [0.717, 1.165) is 24.0 Å². The van der Waals surface area contributed by atoms with Gasteiger partial charge in [-0.3, -0.25) is 9.59 Å². The minimum Gasteiger partial charge on any atom is -0.396 e. The fourth-order valence-electron chi connectivity index (χ4n) is 2.85. The third kappa shape index (κ3) is 3.64. The molecule has 130 valence electrons. The Morgan fingerprint density at radius 3 is 2.32 bits per heavy atom. The zero-order chi connectivity index (χ0) is 18.0. The lowest BCUT2D eigenvalue weighted by Crippen LogP contribution is -2.32. The van der Waals surface area contributed by atoms with Gasteiger partial charge in [0.25, 0.3) is 5.91 Å². The fraction of sp³-hybridized carbons (Fsp3) is 0.333. The molecule has 0 aromatic heterocycles. The molecule has 0 bridgehead atoms. The molecule has 0 spiro atoms. The maximum atomic E-state index is 12.9. The van der Waals surface area contributed by atoms with E-state index in [1.54, 1.807) is 30.3 Å². The Kier molecular flexibility index (Phi) is 4.73. The molecular weight excluding hydrogens is 314 g/mol. The molecule has 4 nitrogen and oxygen atoms in total. The van der Waals surface area contributed by atoms with Gasteiger partial charge in [-0.1, -0.05) is 30.3 Å². The average Bonchev–Trinajstić information content (AvgIpc) is 3.42. The third-order valence-electron chi connectivity index (χ3n) is 5.10. The zero-order valence-electron chi connectivity index (χ0n) is 14.6. The Morgan fingerprint density at radius 2 is 1.72 bits per heavy atom. The van der Waals surface area contributed by atoms with Crippen LogP contribution < -0.4 is 5.32 Å². The van der Waals surface area contributed by atoms with Crippen LogP contribution in [0.15, 0.2) is 42.5 Å². The molecule has 1 fully saturated rings. The SMILES string of the molecule is Cc1ccc(C(=O)c2ccccc2C(=O)NCC2(CO)CC2)cc1C. The second-order valence-electron chi connectivity index (χ2n) is 7.01. The molecule has 25 heavy (non-hydrogen) atoms. The largest absolute Gasteiger partial charge is 0.396 e. The van der Waals surface area contributed by atoms with Gasteiger partial charge in [0.15, 0.2) is 5.78 Å². The lowest BCUT2D eigenvalue weighted by atomic mass is 9.95. The summed E-state index contributed by atoms with van der Waals surface area (Å²) in [4.78, 5) is 25.5. The van der Waals surface area contributed by atoms with E-state index in [2.05, 4.69) is 5.32 Å². The lowest BCUT2D eigenvalue weighted by Gasteiger charge is -2.14. The van der Waals surface area contributed by atoms with Gasteiger partial charge in [0.05, 0.1) is 12.2 Å².